The molecule has 0 atom stereocenters. The molecule has 0 fully saturated rings. The van der Waals surface area contributed by atoms with Crippen molar-refractivity contribution in [3.63, 3.8) is 0 Å². The van der Waals surface area contributed by atoms with Gasteiger partial charge >= 0.3 is 5.97 Å². The minimum Gasteiger partial charge on any atom is -0.452 e. The average Bonchev–Trinajstić information content (AvgIpc) is 3.48. The summed E-state index contributed by atoms with van der Waals surface area (Å²) in [5.41, 5.74) is 2.47. The van der Waals surface area contributed by atoms with Crippen LogP contribution < -0.4 is 0 Å². The molecule has 4 aromatic rings. The molecular formula is C21H17ClN4O3S. The molecule has 0 amide bonds. The SMILES string of the molecule is Cc1nn(Cc2ccccc2)c(Cl)c1/C=C/C(=O)OCc1nc(-c2cccs2)no1. The van der Waals surface area contributed by atoms with Crippen molar-refractivity contribution in [2.45, 2.75) is 20.1 Å². The molecule has 3 heterocycles. The number of carbonyl (C=O) groups is 1. The fraction of sp³-hybridized carbons (Fsp3) is 0.143. The number of hydrogen-bond acceptors (Lipinski definition) is 7. The predicted molar refractivity (Wildman–Crippen MR) is 114 cm³/mol. The Labute approximate surface area is 181 Å². The van der Waals surface area contributed by atoms with Crippen LogP contribution in [0.2, 0.25) is 5.15 Å². The molecule has 152 valence electrons. The molecular weight excluding hydrogens is 424 g/mol. The molecule has 0 saturated heterocycles. The first-order valence-electron chi connectivity index (χ1n) is 9.08. The van der Waals surface area contributed by atoms with Gasteiger partial charge in [0, 0.05) is 11.6 Å². The number of benzene rings is 1. The second-order valence-electron chi connectivity index (χ2n) is 6.36. The van der Waals surface area contributed by atoms with E-state index in [4.69, 9.17) is 20.9 Å². The highest BCUT2D eigenvalue weighted by atomic mass is 35.5. The van der Waals surface area contributed by atoms with Gasteiger partial charge in [0.25, 0.3) is 5.89 Å². The summed E-state index contributed by atoms with van der Waals surface area (Å²) in [6.07, 6.45) is 2.90. The second-order valence-corrected chi connectivity index (χ2v) is 7.67. The Hall–Kier alpha value is -3.23. The lowest BCUT2D eigenvalue weighted by molar-refractivity contribution is -0.139. The molecule has 0 aliphatic carbocycles. The standard InChI is InChI=1S/C21H17ClN4O3S/c1-14-16(20(22)26(24-14)12-15-6-3-2-4-7-15)9-10-19(27)28-13-18-23-21(25-29-18)17-8-5-11-30-17/h2-11H,12-13H2,1H3/b10-9+. The molecule has 30 heavy (non-hydrogen) atoms. The van der Waals surface area contributed by atoms with Crippen LogP contribution in [-0.2, 0) is 22.7 Å². The maximum atomic E-state index is 12.1. The number of aryl methyl sites for hydroxylation is 1. The van der Waals surface area contributed by atoms with Gasteiger partial charge in [0.1, 0.15) is 5.15 Å². The third-order valence-electron chi connectivity index (χ3n) is 4.22. The molecule has 1 aromatic carbocycles. The molecule has 0 unspecified atom stereocenters. The van der Waals surface area contributed by atoms with E-state index >= 15 is 0 Å². The van der Waals surface area contributed by atoms with Crippen molar-refractivity contribution in [2.24, 2.45) is 0 Å². The Bertz CT molecular complexity index is 1170. The molecule has 3 aromatic heterocycles. The van der Waals surface area contributed by atoms with Gasteiger partial charge in [-0.25, -0.2) is 9.48 Å². The van der Waals surface area contributed by atoms with E-state index in [1.165, 1.54) is 17.4 Å². The van der Waals surface area contributed by atoms with E-state index in [0.717, 1.165) is 16.1 Å². The first-order chi connectivity index (χ1) is 14.6. The maximum Gasteiger partial charge on any atom is 0.331 e. The van der Waals surface area contributed by atoms with Crippen LogP contribution in [-0.4, -0.2) is 25.9 Å². The van der Waals surface area contributed by atoms with E-state index in [1.54, 1.807) is 10.8 Å². The molecule has 0 aliphatic rings. The average molecular weight is 441 g/mol. The van der Waals surface area contributed by atoms with Gasteiger partial charge in [0.15, 0.2) is 6.61 Å². The van der Waals surface area contributed by atoms with Crippen LogP contribution in [0.25, 0.3) is 16.8 Å². The third-order valence-corrected chi connectivity index (χ3v) is 5.48. The van der Waals surface area contributed by atoms with E-state index in [-0.39, 0.29) is 12.5 Å². The summed E-state index contributed by atoms with van der Waals surface area (Å²) in [6.45, 7) is 2.27. The lowest BCUT2D eigenvalue weighted by Crippen LogP contribution is -2.02. The molecule has 4 rings (SSSR count). The molecule has 0 saturated carbocycles. The van der Waals surface area contributed by atoms with Gasteiger partial charge in [-0.3, -0.25) is 0 Å². The van der Waals surface area contributed by atoms with Crippen LogP contribution in [0.15, 0.2) is 58.4 Å². The zero-order valence-corrected chi connectivity index (χ0v) is 17.6. The first-order valence-corrected chi connectivity index (χ1v) is 10.3. The summed E-state index contributed by atoms with van der Waals surface area (Å²) >= 11 is 7.95. The Morgan fingerprint density at radius 3 is 2.87 bits per heavy atom. The molecule has 0 bridgehead atoms. The summed E-state index contributed by atoms with van der Waals surface area (Å²) < 4.78 is 12.0. The van der Waals surface area contributed by atoms with E-state index in [1.807, 2.05) is 54.8 Å². The zero-order valence-electron chi connectivity index (χ0n) is 16.0. The van der Waals surface area contributed by atoms with E-state index in [2.05, 4.69) is 15.2 Å². The first kappa shape index (κ1) is 20.1. The summed E-state index contributed by atoms with van der Waals surface area (Å²) in [5, 5.41) is 10.7. The van der Waals surface area contributed by atoms with Crippen LogP contribution >= 0.6 is 22.9 Å². The number of carbonyl (C=O) groups excluding carboxylic acids is 1. The van der Waals surface area contributed by atoms with Gasteiger partial charge in [-0.15, -0.1) is 11.3 Å². The number of thiophene rings is 1. The van der Waals surface area contributed by atoms with E-state index in [9.17, 15) is 4.79 Å². The minimum atomic E-state index is -0.544. The van der Waals surface area contributed by atoms with Crippen molar-refractivity contribution in [2.75, 3.05) is 0 Å². The largest absolute Gasteiger partial charge is 0.452 e. The van der Waals surface area contributed by atoms with Gasteiger partial charge in [-0.2, -0.15) is 10.1 Å². The van der Waals surface area contributed by atoms with Crippen molar-refractivity contribution in [1.29, 1.82) is 0 Å². The Morgan fingerprint density at radius 2 is 2.10 bits per heavy atom. The lowest BCUT2D eigenvalue weighted by Gasteiger charge is -2.03. The molecule has 9 heteroatoms. The number of rotatable bonds is 7. The Balaban J connectivity index is 1.37. The second kappa shape index (κ2) is 9.06. The molecule has 0 N–H and O–H groups in total. The monoisotopic (exact) mass is 440 g/mol. The number of halogens is 1. The smallest absolute Gasteiger partial charge is 0.331 e. The number of esters is 1. The zero-order chi connectivity index (χ0) is 20.9. The van der Waals surface area contributed by atoms with E-state index < -0.39 is 5.97 Å². The van der Waals surface area contributed by atoms with Crippen LogP contribution in [0.4, 0.5) is 0 Å². The summed E-state index contributed by atoms with van der Waals surface area (Å²) in [7, 11) is 0. The third kappa shape index (κ3) is 4.67. The highest BCUT2D eigenvalue weighted by Gasteiger charge is 2.13. The number of aromatic nitrogens is 4. The highest BCUT2D eigenvalue weighted by molar-refractivity contribution is 7.13. The van der Waals surface area contributed by atoms with Crippen molar-refractivity contribution >= 4 is 35.0 Å². The minimum absolute atomic E-state index is 0.110. The molecule has 7 nitrogen and oxygen atoms in total. The highest BCUT2D eigenvalue weighted by Crippen LogP contribution is 2.23. The number of nitrogens with zero attached hydrogens (tertiary/aromatic N) is 4. The Morgan fingerprint density at radius 1 is 1.27 bits per heavy atom. The lowest BCUT2D eigenvalue weighted by atomic mass is 10.2. The van der Waals surface area contributed by atoms with Crippen LogP contribution in [0, 0.1) is 6.92 Å². The van der Waals surface area contributed by atoms with Crippen LogP contribution in [0.5, 0.6) is 0 Å². The summed E-state index contributed by atoms with van der Waals surface area (Å²) in [5.74, 6) is 0.155. The Kier molecular flexibility index (Phi) is 6.06. The fourth-order valence-electron chi connectivity index (χ4n) is 2.77. The van der Waals surface area contributed by atoms with E-state index in [0.29, 0.717) is 23.1 Å². The molecule has 0 aliphatic heterocycles. The molecule has 0 radical (unpaired) electrons. The van der Waals surface area contributed by atoms with Gasteiger partial charge in [-0.05, 0) is 30.0 Å². The van der Waals surface area contributed by atoms with Gasteiger partial charge in [0.2, 0.25) is 5.82 Å². The maximum absolute atomic E-state index is 12.1. The van der Waals surface area contributed by atoms with Crippen LogP contribution in [0.1, 0.15) is 22.7 Å². The van der Waals surface area contributed by atoms with Crippen molar-refractivity contribution in [3.8, 4) is 10.7 Å². The fourth-order valence-corrected chi connectivity index (χ4v) is 3.72. The van der Waals surface area contributed by atoms with Crippen molar-refractivity contribution in [1.82, 2.24) is 19.9 Å². The summed E-state index contributed by atoms with van der Waals surface area (Å²) in [6, 6.07) is 13.7. The van der Waals surface area contributed by atoms with Crippen molar-refractivity contribution < 1.29 is 14.1 Å². The molecule has 0 spiro atoms. The van der Waals surface area contributed by atoms with Crippen molar-refractivity contribution in [3.05, 3.63) is 81.8 Å². The number of hydrogen-bond donors (Lipinski definition) is 0. The van der Waals surface area contributed by atoms with Gasteiger partial charge < -0.3 is 9.26 Å². The predicted octanol–water partition coefficient (Wildman–Crippen LogP) is 4.76. The number of ether oxygens (including phenoxy) is 1. The quantitative estimate of drug-likeness (QED) is 0.304. The van der Waals surface area contributed by atoms with Gasteiger partial charge in [0.05, 0.1) is 17.1 Å². The van der Waals surface area contributed by atoms with Crippen LogP contribution in [0.3, 0.4) is 0 Å². The topological polar surface area (TPSA) is 83.0 Å². The normalized spacial score (nSPS) is 11.3. The summed E-state index contributed by atoms with van der Waals surface area (Å²) in [4.78, 5) is 17.2. The van der Waals surface area contributed by atoms with Gasteiger partial charge in [-0.1, -0.05) is 53.2 Å².